The number of rotatable bonds is 8. The van der Waals surface area contributed by atoms with Crippen molar-refractivity contribution in [1.29, 1.82) is 5.26 Å². The first-order valence-corrected chi connectivity index (χ1v) is 10.7. The Morgan fingerprint density at radius 2 is 1.51 bits per heavy atom. The van der Waals surface area contributed by atoms with Crippen molar-refractivity contribution in [2.45, 2.75) is 25.0 Å². The van der Waals surface area contributed by atoms with E-state index < -0.39 is 36.4 Å². The predicted octanol–water partition coefficient (Wildman–Crippen LogP) is 1.21. The lowest BCUT2D eigenvalue weighted by atomic mass is 9.96. The number of carbonyl (C=O) groups is 3. The van der Waals surface area contributed by atoms with E-state index in [0.29, 0.717) is 0 Å². The van der Waals surface area contributed by atoms with Crippen LogP contribution in [0.2, 0.25) is 0 Å². The maximum Gasteiger partial charge on any atom is 0.336 e. The van der Waals surface area contributed by atoms with Gasteiger partial charge in [0.25, 0.3) is 0 Å². The molecular formula is C24H28N4O7. The molecule has 0 radical (unpaired) electrons. The van der Waals surface area contributed by atoms with Gasteiger partial charge in [0, 0.05) is 44.1 Å². The zero-order valence-corrected chi connectivity index (χ0v) is 19.0. The molecule has 0 amide bonds. The van der Waals surface area contributed by atoms with Crippen LogP contribution in [0.4, 0.5) is 11.4 Å². The van der Waals surface area contributed by atoms with Crippen LogP contribution in [0.25, 0.3) is 0 Å². The number of aliphatic carboxylic acids is 3. The normalized spacial score (nSPS) is 13.8. The summed E-state index contributed by atoms with van der Waals surface area (Å²) in [5, 5.41) is 42.8. The maximum absolute atomic E-state index is 10.3. The van der Waals surface area contributed by atoms with Crippen molar-refractivity contribution in [2.24, 2.45) is 0 Å². The number of carboxylic acid groups (broad SMARTS) is 3. The highest BCUT2D eigenvalue weighted by atomic mass is 16.4. The third kappa shape index (κ3) is 8.62. The molecule has 0 atom stereocenters. The highest BCUT2D eigenvalue weighted by Crippen LogP contribution is 2.19. The summed E-state index contributed by atoms with van der Waals surface area (Å²) in [6, 6.07) is 18.2. The molecule has 11 nitrogen and oxygen atoms in total. The second-order valence-corrected chi connectivity index (χ2v) is 8.14. The van der Waals surface area contributed by atoms with E-state index in [-0.39, 0.29) is 0 Å². The molecule has 186 valence electrons. The molecule has 0 unspecified atom stereocenters. The molecule has 1 heterocycles. The third-order valence-electron chi connectivity index (χ3n) is 5.38. The fourth-order valence-electron chi connectivity index (χ4n) is 3.56. The Morgan fingerprint density at radius 3 is 2.00 bits per heavy atom. The second kappa shape index (κ2) is 12.4. The third-order valence-corrected chi connectivity index (χ3v) is 5.38. The molecule has 1 saturated heterocycles. The molecular weight excluding hydrogens is 456 g/mol. The van der Waals surface area contributed by atoms with Gasteiger partial charge in [0.1, 0.15) is 0 Å². The minimum absolute atomic E-state index is 0.734. The van der Waals surface area contributed by atoms with E-state index in [1.54, 1.807) is 0 Å². The number of hydrogen-bond acceptors (Lipinski definition) is 8. The van der Waals surface area contributed by atoms with Crippen molar-refractivity contribution in [1.82, 2.24) is 4.90 Å². The largest absolute Gasteiger partial charge is 0.481 e. The molecule has 1 fully saturated rings. The number of nitrogen functional groups attached to an aromatic ring is 1. The number of nitriles is 1. The van der Waals surface area contributed by atoms with Gasteiger partial charge in [-0.2, -0.15) is 5.26 Å². The smallest absolute Gasteiger partial charge is 0.336 e. The second-order valence-electron chi connectivity index (χ2n) is 8.14. The Morgan fingerprint density at radius 1 is 0.943 bits per heavy atom. The van der Waals surface area contributed by atoms with Gasteiger partial charge < -0.3 is 31.1 Å². The Kier molecular flexibility index (Phi) is 9.57. The Hall–Kier alpha value is -4.14. The lowest BCUT2D eigenvalue weighted by Gasteiger charge is -2.36. The molecule has 35 heavy (non-hydrogen) atoms. The summed E-state index contributed by atoms with van der Waals surface area (Å²) >= 11 is 0. The highest BCUT2D eigenvalue weighted by molar-refractivity contribution is 5.88. The van der Waals surface area contributed by atoms with E-state index >= 15 is 0 Å². The van der Waals surface area contributed by atoms with Crippen molar-refractivity contribution < 1.29 is 34.8 Å². The van der Waals surface area contributed by atoms with E-state index in [0.717, 1.165) is 44.0 Å². The number of carboxylic acids is 3. The first-order valence-electron chi connectivity index (χ1n) is 10.7. The minimum Gasteiger partial charge on any atom is -0.481 e. The van der Waals surface area contributed by atoms with Gasteiger partial charge in [-0.1, -0.05) is 12.1 Å². The van der Waals surface area contributed by atoms with Gasteiger partial charge in [-0.15, -0.1) is 0 Å². The molecule has 1 aliphatic rings. The van der Waals surface area contributed by atoms with E-state index in [9.17, 15) is 14.4 Å². The minimum atomic E-state index is -2.74. The molecule has 0 spiro atoms. The predicted molar refractivity (Wildman–Crippen MR) is 127 cm³/mol. The van der Waals surface area contributed by atoms with Gasteiger partial charge in [0.05, 0.1) is 24.5 Å². The fraction of sp³-hybridized carbons (Fsp3) is 0.333. The lowest BCUT2D eigenvalue weighted by Crippen LogP contribution is -2.45. The van der Waals surface area contributed by atoms with Crippen molar-refractivity contribution in [2.75, 3.05) is 36.8 Å². The first-order chi connectivity index (χ1) is 16.5. The summed E-state index contributed by atoms with van der Waals surface area (Å²) in [6.45, 7) is 5.00. The molecule has 3 rings (SSSR count). The van der Waals surface area contributed by atoms with Crippen LogP contribution in [0.15, 0.2) is 48.5 Å². The van der Waals surface area contributed by atoms with Crippen molar-refractivity contribution in [3.8, 4) is 6.07 Å². The topological polar surface area (TPSA) is 188 Å². The number of nitrogens with two attached hydrogens (primary N) is 1. The Balaban J connectivity index is 0.000000287. The van der Waals surface area contributed by atoms with Gasteiger partial charge in [0.15, 0.2) is 5.60 Å². The Bertz CT molecular complexity index is 1060. The quantitative estimate of drug-likeness (QED) is 0.339. The molecule has 0 bridgehead atoms. The number of aliphatic hydroxyl groups is 1. The lowest BCUT2D eigenvalue weighted by molar-refractivity contribution is -0.170. The van der Waals surface area contributed by atoms with Crippen molar-refractivity contribution in [3.63, 3.8) is 0 Å². The van der Waals surface area contributed by atoms with Gasteiger partial charge in [0.2, 0.25) is 0 Å². The standard InChI is InChI=1S/C18H20N4.C6H8O7/c19-13-15-2-1-3-16(12-15)14-21-8-10-22(11-9-21)18-6-4-17(20)5-7-18;7-3(8)1-6(13,5(11)12)2-4(9)10/h1-7,12H,8-11,14,20H2;13H,1-2H2,(H,7,8)(H,9,10)(H,11,12). The summed E-state index contributed by atoms with van der Waals surface area (Å²) in [5.41, 5.74) is 6.98. The molecule has 6 N–H and O–H groups in total. The van der Waals surface area contributed by atoms with Crippen LogP contribution in [0.3, 0.4) is 0 Å². The van der Waals surface area contributed by atoms with Crippen LogP contribution in [0, 0.1) is 11.3 Å². The molecule has 2 aromatic rings. The monoisotopic (exact) mass is 484 g/mol. The van der Waals surface area contributed by atoms with Gasteiger partial charge in [-0.05, 0) is 42.0 Å². The van der Waals surface area contributed by atoms with Crippen molar-refractivity contribution in [3.05, 3.63) is 59.7 Å². The van der Waals surface area contributed by atoms with Crippen LogP contribution >= 0.6 is 0 Å². The molecule has 2 aromatic carbocycles. The van der Waals surface area contributed by atoms with Crippen LogP contribution in [-0.4, -0.2) is 75.0 Å². The Labute approximate surface area is 202 Å². The van der Waals surface area contributed by atoms with Crippen LogP contribution in [0.5, 0.6) is 0 Å². The fourth-order valence-corrected chi connectivity index (χ4v) is 3.56. The zero-order valence-electron chi connectivity index (χ0n) is 19.0. The van der Waals surface area contributed by atoms with E-state index in [1.165, 1.54) is 11.3 Å². The van der Waals surface area contributed by atoms with Gasteiger partial charge in [-0.25, -0.2) is 4.79 Å². The molecule has 0 aromatic heterocycles. The molecule has 0 saturated carbocycles. The summed E-state index contributed by atoms with van der Waals surface area (Å²) in [6.07, 6.45) is -2.29. The van der Waals surface area contributed by atoms with E-state index in [2.05, 4.69) is 34.1 Å². The SMILES string of the molecule is N#Cc1cccc(CN2CCN(c3ccc(N)cc3)CC2)c1.O=C(O)CC(O)(CC(=O)O)C(=O)O. The molecule has 11 heteroatoms. The summed E-state index contributed by atoms with van der Waals surface area (Å²) in [5.74, 6) is -5.02. The number of benzene rings is 2. The first kappa shape index (κ1) is 27.1. The number of nitrogens with zero attached hydrogens (tertiary/aromatic N) is 3. The summed E-state index contributed by atoms with van der Waals surface area (Å²) in [4.78, 5) is 35.3. The van der Waals surface area contributed by atoms with Crippen molar-refractivity contribution >= 4 is 29.3 Å². The number of hydrogen-bond donors (Lipinski definition) is 5. The molecule has 1 aliphatic heterocycles. The van der Waals surface area contributed by atoms with E-state index in [1.807, 2.05) is 30.3 Å². The molecule has 0 aliphatic carbocycles. The average molecular weight is 485 g/mol. The summed E-state index contributed by atoms with van der Waals surface area (Å²) < 4.78 is 0. The van der Waals surface area contributed by atoms with Crippen LogP contribution < -0.4 is 10.6 Å². The van der Waals surface area contributed by atoms with Crippen LogP contribution in [-0.2, 0) is 20.9 Å². The number of anilines is 2. The zero-order chi connectivity index (χ0) is 26.0. The average Bonchev–Trinajstić information content (AvgIpc) is 2.79. The van der Waals surface area contributed by atoms with E-state index in [4.69, 9.17) is 31.4 Å². The highest BCUT2D eigenvalue weighted by Gasteiger charge is 2.40. The van der Waals surface area contributed by atoms with Gasteiger partial charge in [-0.3, -0.25) is 14.5 Å². The number of piperazine rings is 1. The van der Waals surface area contributed by atoms with Crippen LogP contribution in [0.1, 0.15) is 24.0 Å². The maximum atomic E-state index is 10.3. The van der Waals surface area contributed by atoms with Gasteiger partial charge >= 0.3 is 17.9 Å². The summed E-state index contributed by atoms with van der Waals surface area (Å²) in [7, 11) is 0.